The van der Waals surface area contributed by atoms with Gasteiger partial charge in [-0.15, -0.1) is 5.10 Å². The van der Waals surface area contributed by atoms with Crippen molar-refractivity contribution in [2.24, 2.45) is 5.92 Å². The van der Waals surface area contributed by atoms with Crippen LogP contribution in [0.2, 0.25) is 0 Å². The zero-order chi connectivity index (χ0) is 11.3. The molecule has 0 bridgehead atoms. The lowest BCUT2D eigenvalue weighted by atomic mass is 9.96. The molecule has 0 spiro atoms. The predicted octanol–water partition coefficient (Wildman–Crippen LogP) is 1.79. The van der Waals surface area contributed by atoms with E-state index in [2.05, 4.69) is 29.4 Å². The van der Waals surface area contributed by atoms with Gasteiger partial charge in [-0.3, -0.25) is 0 Å². The molecule has 2 unspecified atom stereocenters. The summed E-state index contributed by atoms with van der Waals surface area (Å²) in [5.74, 6) is 1.09. The first-order valence-corrected chi connectivity index (χ1v) is 5.27. The molecule has 0 fully saturated rings. The first-order valence-electron chi connectivity index (χ1n) is 5.27. The fraction of sp³-hybridized carbons (Fsp3) is 0.636. The summed E-state index contributed by atoms with van der Waals surface area (Å²) in [7, 11) is 3.54. The van der Waals surface area contributed by atoms with E-state index in [1.807, 2.05) is 19.2 Å². The molecule has 0 aliphatic rings. The standard InChI is InChI=1S/C11H19N3O/c1-5-8(2)11(12-3)9-6-7-10(15-4)14-13-9/h6-8,11-12H,5H2,1-4H3. The first-order chi connectivity index (χ1) is 7.22. The number of nitrogens with zero attached hydrogens (tertiary/aromatic N) is 2. The third-order valence-electron chi connectivity index (χ3n) is 2.71. The molecule has 1 rings (SSSR count). The molecule has 15 heavy (non-hydrogen) atoms. The van der Waals surface area contributed by atoms with Gasteiger partial charge >= 0.3 is 0 Å². The summed E-state index contributed by atoms with van der Waals surface area (Å²) >= 11 is 0. The Balaban J connectivity index is 2.83. The molecule has 0 radical (unpaired) electrons. The van der Waals surface area contributed by atoms with Crippen molar-refractivity contribution < 1.29 is 4.74 Å². The average molecular weight is 209 g/mol. The summed E-state index contributed by atoms with van der Waals surface area (Å²) in [5.41, 5.74) is 0.965. The summed E-state index contributed by atoms with van der Waals surface area (Å²) in [6, 6.07) is 4.06. The minimum absolute atomic E-state index is 0.258. The second-order valence-corrected chi connectivity index (χ2v) is 3.65. The highest BCUT2D eigenvalue weighted by Gasteiger charge is 2.17. The minimum atomic E-state index is 0.258. The van der Waals surface area contributed by atoms with Gasteiger partial charge in [0.1, 0.15) is 0 Å². The van der Waals surface area contributed by atoms with Crippen LogP contribution < -0.4 is 10.1 Å². The molecule has 0 saturated heterocycles. The summed E-state index contributed by atoms with van der Waals surface area (Å²) in [5, 5.41) is 11.4. The first kappa shape index (κ1) is 11.9. The molecule has 0 saturated carbocycles. The Hall–Kier alpha value is -1.16. The van der Waals surface area contributed by atoms with E-state index in [0.717, 1.165) is 12.1 Å². The molecule has 84 valence electrons. The largest absolute Gasteiger partial charge is 0.480 e. The average Bonchev–Trinajstić information content (AvgIpc) is 2.30. The van der Waals surface area contributed by atoms with Crippen molar-refractivity contribution in [3.63, 3.8) is 0 Å². The highest BCUT2D eigenvalue weighted by molar-refractivity contribution is 5.14. The summed E-state index contributed by atoms with van der Waals surface area (Å²) in [6.07, 6.45) is 1.11. The van der Waals surface area contributed by atoms with E-state index < -0.39 is 0 Å². The van der Waals surface area contributed by atoms with Crippen LogP contribution in [0.4, 0.5) is 0 Å². The number of nitrogens with one attached hydrogen (secondary N) is 1. The van der Waals surface area contributed by atoms with Crippen LogP contribution in [0.15, 0.2) is 12.1 Å². The maximum absolute atomic E-state index is 4.98. The third kappa shape index (κ3) is 2.89. The molecule has 1 aromatic heterocycles. The molecular weight excluding hydrogens is 190 g/mol. The molecule has 0 aliphatic heterocycles. The fourth-order valence-electron chi connectivity index (χ4n) is 1.56. The highest BCUT2D eigenvalue weighted by Crippen LogP contribution is 2.22. The zero-order valence-electron chi connectivity index (χ0n) is 9.82. The molecule has 0 aliphatic carbocycles. The Kier molecular flexibility index (Phi) is 4.49. The number of ether oxygens (including phenoxy) is 1. The normalized spacial score (nSPS) is 14.7. The lowest BCUT2D eigenvalue weighted by Crippen LogP contribution is -2.24. The van der Waals surface area contributed by atoms with Gasteiger partial charge in [0.25, 0.3) is 0 Å². The fourth-order valence-corrected chi connectivity index (χ4v) is 1.56. The monoisotopic (exact) mass is 209 g/mol. The smallest absolute Gasteiger partial charge is 0.233 e. The van der Waals surface area contributed by atoms with Crippen LogP contribution >= 0.6 is 0 Å². The zero-order valence-corrected chi connectivity index (χ0v) is 9.82. The van der Waals surface area contributed by atoms with Crippen molar-refractivity contribution in [3.05, 3.63) is 17.8 Å². The summed E-state index contributed by atoms with van der Waals surface area (Å²) in [4.78, 5) is 0. The van der Waals surface area contributed by atoms with Gasteiger partial charge in [0, 0.05) is 6.07 Å². The molecule has 1 aromatic rings. The summed E-state index contributed by atoms with van der Waals surface area (Å²) in [6.45, 7) is 4.37. The Morgan fingerprint density at radius 1 is 1.40 bits per heavy atom. The van der Waals surface area contributed by atoms with E-state index in [1.54, 1.807) is 7.11 Å². The number of aromatic nitrogens is 2. The van der Waals surface area contributed by atoms with Crippen LogP contribution in [0.3, 0.4) is 0 Å². The van der Waals surface area contributed by atoms with E-state index in [0.29, 0.717) is 11.8 Å². The van der Waals surface area contributed by atoms with E-state index in [1.165, 1.54) is 0 Å². The molecule has 4 nitrogen and oxygen atoms in total. The van der Waals surface area contributed by atoms with Gasteiger partial charge in [-0.2, -0.15) is 5.10 Å². The van der Waals surface area contributed by atoms with Gasteiger partial charge in [0.15, 0.2) is 0 Å². The number of hydrogen-bond donors (Lipinski definition) is 1. The molecule has 1 N–H and O–H groups in total. The predicted molar refractivity (Wildman–Crippen MR) is 59.8 cm³/mol. The van der Waals surface area contributed by atoms with Crippen molar-refractivity contribution in [1.29, 1.82) is 0 Å². The molecular formula is C11H19N3O. The van der Waals surface area contributed by atoms with Gasteiger partial charge in [0.2, 0.25) is 5.88 Å². The van der Waals surface area contributed by atoms with E-state index in [9.17, 15) is 0 Å². The van der Waals surface area contributed by atoms with Gasteiger partial charge in [0.05, 0.1) is 18.8 Å². The van der Waals surface area contributed by atoms with Crippen LogP contribution in [-0.2, 0) is 0 Å². The lowest BCUT2D eigenvalue weighted by Gasteiger charge is -2.21. The van der Waals surface area contributed by atoms with Crippen molar-refractivity contribution in [2.75, 3.05) is 14.2 Å². The molecule has 0 aromatic carbocycles. The van der Waals surface area contributed by atoms with Crippen LogP contribution in [0, 0.1) is 5.92 Å². The quantitative estimate of drug-likeness (QED) is 0.803. The number of hydrogen-bond acceptors (Lipinski definition) is 4. The van der Waals surface area contributed by atoms with Crippen molar-refractivity contribution in [3.8, 4) is 5.88 Å². The van der Waals surface area contributed by atoms with Crippen molar-refractivity contribution in [2.45, 2.75) is 26.3 Å². The lowest BCUT2D eigenvalue weighted by molar-refractivity contribution is 0.373. The Labute approximate surface area is 91.1 Å². The number of rotatable bonds is 5. The van der Waals surface area contributed by atoms with Crippen molar-refractivity contribution >= 4 is 0 Å². The Morgan fingerprint density at radius 3 is 2.53 bits per heavy atom. The second-order valence-electron chi connectivity index (χ2n) is 3.65. The van der Waals surface area contributed by atoms with E-state index >= 15 is 0 Å². The highest BCUT2D eigenvalue weighted by atomic mass is 16.5. The SMILES string of the molecule is CCC(C)C(NC)c1ccc(OC)nn1. The second kappa shape index (κ2) is 5.66. The van der Waals surface area contributed by atoms with Crippen LogP contribution in [0.5, 0.6) is 5.88 Å². The van der Waals surface area contributed by atoms with E-state index in [4.69, 9.17) is 4.74 Å². The van der Waals surface area contributed by atoms with Gasteiger partial charge in [-0.1, -0.05) is 20.3 Å². The molecule has 1 heterocycles. The molecule has 4 heteroatoms. The molecule has 2 atom stereocenters. The molecule has 0 amide bonds. The van der Waals surface area contributed by atoms with Crippen molar-refractivity contribution in [1.82, 2.24) is 15.5 Å². The van der Waals surface area contributed by atoms with Gasteiger partial charge < -0.3 is 10.1 Å². The maximum atomic E-state index is 4.98. The Morgan fingerprint density at radius 2 is 2.13 bits per heavy atom. The topological polar surface area (TPSA) is 47.0 Å². The van der Waals surface area contributed by atoms with Crippen LogP contribution in [0.25, 0.3) is 0 Å². The maximum Gasteiger partial charge on any atom is 0.233 e. The minimum Gasteiger partial charge on any atom is -0.480 e. The van der Waals surface area contributed by atoms with Gasteiger partial charge in [-0.05, 0) is 19.0 Å². The summed E-state index contributed by atoms with van der Waals surface area (Å²) < 4.78 is 4.98. The van der Waals surface area contributed by atoms with E-state index in [-0.39, 0.29) is 6.04 Å². The van der Waals surface area contributed by atoms with Crippen LogP contribution in [-0.4, -0.2) is 24.4 Å². The Bertz CT molecular complexity index is 286. The van der Waals surface area contributed by atoms with Crippen LogP contribution in [0.1, 0.15) is 32.0 Å². The van der Waals surface area contributed by atoms with Gasteiger partial charge in [-0.25, -0.2) is 0 Å². The number of methoxy groups -OCH3 is 1. The third-order valence-corrected chi connectivity index (χ3v) is 2.71.